The highest BCUT2D eigenvalue weighted by atomic mass is 16.5. The third-order valence-electron chi connectivity index (χ3n) is 3.12. The summed E-state index contributed by atoms with van der Waals surface area (Å²) in [4.78, 5) is 0. The summed E-state index contributed by atoms with van der Waals surface area (Å²) in [5, 5.41) is 6.91. The second-order valence-electron chi connectivity index (χ2n) is 4.26. The first-order chi connectivity index (χ1) is 7.42. The van der Waals surface area contributed by atoms with Crippen LogP contribution in [0.1, 0.15) is 12.0 Å². The summed E-state index contributed by atoms with van der Waals surface area (Å²) in [5.74, 6) is 1.06. The van der Waals surface area contributed by atoms with E-state index in [1.165, 1.54) is 17.7 Å². The van der Waals surface area contributed by atoms with Crippen molar-refractivity contribution < 1.29 is 4.74 Å². The summed E-state index contributed by atoms with van der Waals surface area (Å²) in [6.45, 7) is 3.04. The topological polar surface area (TPSA) is 33.3 Å². The predicted octanol–water partition coefficient (Wildman–Crippen LogP) is 1.40. The number of fused-ring (bicyclic) bond motifs is 1. The van der Waals surface area contributed by atoms with Crippen molar-refractivity contribution in [2.45, 2.75) is 18.9 Å². The highest BCUT2D eigenvalue weighted by Gasteiger charge is 2.16. The monoisotopic (exact) mass is 204 g/mol. The van der Waals surface area contributed by atoms with Crippen LogP contribution in [-0.2, 0) is 6.42 Å². The van der Waals surface area contributed by atoms with Gasteiger partial charge in [0, 0.05) is 24.7 Å². The van der Waals surface area contributed by atoms with Gasteiger partial charge in [0.05, 0.1) is 6.61 Å². The highest BCUT2D eigenvalue weighted by Crippen LogP contribution is 2.28. The van der Waals surface area contributed by atoms with Crippen LogP contribution in [0.15, 0.2) is 18.2 Å². The van der Waals surface area contributed by atoms with Crippen LogP contribution < -0.4 is 15.4 Å². The fourth-order valence-electron chi connectivity index (χ4n) is 2.29. The van der Waals surface area contributed by atoms with E-state index in [1.807, 2.05) is 0 Å². The van der Waals surface area contributed by atoms with Gasteiger partial charge in [0.15, 0.2) is 0 Å². The van der Waals surface area contributed by atoms with Gasteiger partial charge >= 0.3 is 0 Å². The molecule has 3 nitrogen and oxygen atoms in total. The third kappa shape index (κ3) is 1.79. The van der Waals surface area contributed by atoms with Crippen LogP contribution in [0.25, 0.3) is 0 Å². The Hall–Kier alpha value is -1.22. The van der Waals surface area contributed by atoms with Crippen LogP contribution in [0.2, 0.25) is 0 Å². The van der Waals surface area contributed by atoms with Gasteiger partial charge in [-0.2, -0.15) is 0 Å². The molecule has 3 rings (SSSR count). The number of rotatable bonds is 2. The lowest BCUT2D eigenvalue weighted by Gasteiger charge is -2.13. The minimum Gasteiger partial charge on any atom is -0.493 e. The fraction of sp³-hybridized carbons (Fsp3) is 0.500. The molecule has 2 aliphatic rings. The molecule has 1 saturated heterocycles. The number of benzene rings is 1. The molecule has 2 N–H and O–H groups in total. The molecule has 1 unspecified atom stereocenters. The van der Waals surface area contributed by atoms with Crippen molar-refractivity contribution in [2.24, 2.45) is 0 Å². The van der Waals surface area contributed by atoms with Crippen molar-refractivity contribution >= 4 is 5.69 Å². The molecule has 2 aliphatic heterocycles. The molecule has 0 radical (unpaired) electrons. The van der Waals surface area contributed by atoms with Crippen molar-refractivity contribution in [3.8, 4) is 5.75 Å². The molecular weight excluding hydrogens is 188 g/mol. The van der Waals surface area contributed by atoms with E-state index < -0.39 is 0 Å². The van der Waals surface area contributed by atoms with Gasteiger partial charge in [0.2, 0.25) is 0 Å². The zero-order chi connectivity index (χ0) is 10.1. The zero-order valence-electron chi connectivity index (χ0n) is 8.75. The number of hydrogen-bond donors (Lipinski definition) is 2. The minimum atomic E-state index is 0.588. The molecule has 0 amide bonds. The molecule has 1 atom stereocenters. The van der Waals surface area contributed by atoms with E-state index in [2.05, 4.69) is 28.8 Å². The standard InChI is InChI=1S/C12H16N2O/c1-2-12-9(4-6-15-12)7-10(1)14-11-3-5-13-8-11/h1-2,7,11,13-14H,3-6,8H2. The highest BCUT2D eigenvalue weighted by molar-refractivity contribution is 5.53. The van der Waals surface area contributed by atoms with Gasteiger partial charge in [0.25, 0.3) is 0 Å². The van der Waals surface area contributed by atoms with Gasteiger partial charge in [-0.25, -0.2) is 0 Å². The smallest absolute Gasteiger partial charge is 0.122 e. The molecule has 15 heavy (non-hydrogen) atoms. The van der Waals surface area contributed by atoms with Crippen LogP contribution in [-0.4, -0.2) is 25.7 Å². The van der Waals surface area contributed by atoms with Crippen molar-refractivity contribution in [3.63, 3.8) is 0 Å². The van der Waals surface area contributed by atoms with E-state index in [-0.39, 0.29) is 0 Å². The summed E-state index contributed by atoms with van der Waals surface area (Å²) in [6.07, 6.45) is 2.27. The Bertz CT molecular complexity index is 359. The van der Waals surface area contributed by atoms with Gasteiger partial charge in [-0.1, -0.05) is 0 Å². The van der Waals surface area contributed by atoms with Crippen LogP contribution in [0.4, 0.5) is 5.69 Å². The van der Waals surface area contributed by atoms with E-state index in [0.717, 1.165) is 31.9 Å². The Morgan fingerprint density at radius 1 is 1.40 bits per heavy atom. The van der Waals surface area contributed by atoms with Crippen molar-refractivity contribution in [3.05, 3.63) is 23.8 Å². The maximum Gasteiger partial charge on any atom is 0.122 e. The largest absolute Gasteiger partial charge is 0.493 e. The first-order valence-corrected chi connectivity index (χ1v) is 5.65. The number of ether oxygens (including phenoxy) is 1. The Morgan fingerprint density at radius 2 is 2.40 bits per heavy atom. The average molecular weight is 204 g/mol. The van der Waals surface area contributed by atoms with E-state index >= 15 is 0 Å². The number of hydrogen-bond acceptors (Lipinski definition) is 3. The van der Waals surface area contributed by atoms with E-state index in [4.69, 9.17) is 4.74 Å². The molecular formula is C12H16N2O. The van der Waals surface area contributed by atoms with Gasteiger partial charge in [-0.3, -0.25) is 0 Å². The van der Waals surface area contributed by atoms with Gasteiger partial charge < -0.3 is 15.4 Å². The van der Waals surface area contributed by atoms with Crippen molar-refractivity contribution in [1.29, 1.82) is 0 Å². The summed E-state index contributed by atoms with van der Waals surface area (Å²) >= 11 is 0. The Balaban J connectivity index is 1.75. The van der Waals surface area contributed by atoms with Gasteiger partial charge in [-0.15, -0.1) is 0 Å². The van der Waals surface area contributed by atoms with Crippen LogP contribution in [0, 0.1) is 0 Å². The molecule has 3 heteroatoms. The molecule has 1 aromatic carbocycles. The number of nitrogens with one attached hydrogen (secondary N) is 2. The van der Waals surface area contributed by atoms with E-state index in [1.54, 1.807) is 0 Å². The molecule has 0 aromatic heterocycles. The maximum atomic E-state index is 5.48. The van der Waals surface area contributed by atoms with Crippen LogP contribution in [0.5, 0.6) is 5.75 Å². The average Bonchev–Trinajstić information content (AvgIpc) is 2.87. The Kier molecular flexibility index (Phi) is 2.25. The van der Waals surface area contributed by atoms with Gasteiger partial charge in [0.1, 0.15) is 5.75 Å². The minimum absolute atomic E-state index is 0.588. The summed E-state index contributed by atoms with van der Waals surface area (Å²) in [5.41, 5.74) is 2.57. The lowest BCUT2D eigenvalue weighted by Crippen LogP contribution is -2.21. The first kappa shape index (κ1) is 9.04. The second-order valence-corrected chi connectivity index (χ2v) is 4.26. The normalized spacial score (nSPS) is 23.6. The van der Waals surface area contributed by atoms with Crippen molar-refractivity contribution in [2.75, 3.05) is 25.0 Å². The van der Waals surface area contributed by atoms with Gasteiger partial charge in [-0.05, 0) is 36.7 Å². The molecule has 1 fully saturated rings. The quantitative estimate of drug-likeness (QED) is 0.764. The molecule has 0 bridgehead atoms. The van der Waals surface area contributed by atoms with E-state index in [0.29, 0.717) is 6.04 Å². The lowest BCUT2D eigenvalue weighted by molar-refractivity contribution is 0.357. The maximum absolute atomic E-state index is 5.48. The molecule has 1 aromatic rings. The van der Waals surface area contributed by atoms with Crippen molar-refractivity contribution in [1.82, 2.24) is 5.32 Å². The number of anilines is 1. The SMILES string of the molecule is c1cc2c(cc1NC1CCNC1)CCO2. The lowest BCUT2D eigenvalue weighted by atomic mass is 10.1. The molecule has 80 valence electrons. The summed E-state index contributed by atoms with van der Waals surface area (Å²) in [6, 6.07) is 7.00. The van der Waals surface area contributed by atoms with E-state index in [9.17, 15) is 0 Å². The summed E-state index contributed by atoms with van der Waals surface area (Å²) < 4.78 is 5.48. The van der Waals surface area contributed by atoms with Crippen LogP contribution in [0.3, 0.4) is 0 Å². The molecule has 0 spiro atoms. The molecule has 0 aliphatic carbocycles. The first-order valence-electron chi connectivity index (χ1n) is 5.65. The third-order valence-corrected chi connectivity index (χ3v) is 3.12. The Labute approximate surface area is 89.8 Å². The summed E-state index contributed by atoms with van der Waals surface area (Å²) in [7, 11) is 0. The molecule has 2 heterocycles. The zero-order valence-corrected chi connectivity index (χ0v) is 8.75. The van der Waals surface area contributed by atoms with Crippen LogP contribution >= 0.6 is 0 Å². The Morgan fingerprint density at radius 3 is 3.27 bits per heavy atom. The fourth-order valence-corrected chi connectivity index (χ4v) is 2.29. The predicted molar refractivity (Wildman–Crippen MR) is 60.5 cm³/mol. The second kappa shape index (κ2) is 3.74. The molecule has 0 saturated carbocycles.